The van der Waals surface area contributed by atoms with E-state index in [1.165, 1.54) is 11.1 Å². The Bertz CT molecular complexity index is 662. The first-order valence-corrected chi connectivity index (χ1v) is 6.56. The summed E-state index contributed by atoms with van der Waals surface area (Å²) in [5, 5.41) is 14.7. The summed E-state index contributed by atoms with van der Waals surface area (Å²) in [6.45, 7) is 4.07. The summed E-state index contributed by atoms with van der Waals surface area (Å²) in [5.74, 6) is 0.165. The molecule has 0 amide bonds. The third-order valence-corrected chi connectivity index (χ3v) is 3.38. The summed E-state index contributed by atoms with van der Waals surface area (Å²) >= 11 is 0. The van der Waals surface area contributed by atoms with E-state index < -0.39 is 0 Å². The molecule has 3 nitrogen and oxygen atoms in total. The van der Waals surface area contributed by atoms with E-state index in [0.29, 0.717) is 0 Å². The van der Waals surface area contributed by atoms with Crippen LogP contribution in [-0.4, -0.2) is 14.9 Å². The van der Waals surface area contributed by atoms with Crippen molar-refractivity contribution >= 4 is 0 Å². The standard InChI is InChI=1S/C17H16N2O/c1-12-3-7-14(8-4-12)16-11-18-19(17(16)20)15-9-5-13(2)6-10-15/h3-11,20H,1-2H3. The summed E-state index contributed by atoms with van der Waals surface area (Å²) in [6, 6.07) is 15.9. The second-order valence-electron chi connectivity index (χ2n) is 5.00. The van der Waals surface area contributed by atoms with Crippen molar-refractivity contribution in [2.24, 2.45) is 0 Å². The van der Waals surface area contributed by atoms with Gasteiger partial charge in [0.2, 0.25) is 5.88 Å². The van der Waals surface area contributed by atoms with Gasteiger partial charge in [-0.2, -0.15) is 5.10 Å². The monoisotopic (exact) mass is 264 g/mol. The van der Waals surface area contributed by atoms with Crippen LogP contribution in [0.4, 0.5) is 0 Å². The molecule has 1 heterocycles. The fourth-order valence-corrected chi connectivity index (χ4v) is 2.15. The molecular formula is C17H16N2O. The molecule has 0 spiro atoms. The lowest BCUT2D eigenvalue weighted by Crippen LogP contribution is -1.95. The Morgan fingerprint density at radius 1 is 0.850 bits per heavy atom. The maximum absolute atomic E-state index is 10.4. The topological polar surface area (TPSA) is 38.0 Å². The van der Waals surface area contributed by atoms with Crippen molar-refractivity contribution < 1.29 is 5.11 Å². The molecule has 20 heavy (non-hydrogen) atoms. The summed E-state index contributed by atoms with van der Waals surface area (Å²) in [6.07, 6.45) is 1.69. The number of rotatable bonds is 2. The predicted molar refractivity (Wildman–Crippen MR) is 80.1 cm³/mol. The van der Waals surface area contributed by atoms with E-state index in [-0.39, 0.29) is 5.88 Å². The Kier molecular flexibility index (Phi) is 3.03. The van der Waals surface area contributed by atoms with Gasteiger partial charge in [0.15, 0.2) is 0 Å². The first kappa shape index (κ1) is 12.5. The van der Waals surface area contributed by atoms with Crippen molar-refractivity contribution in [1.29, 1.82) is 0 Å². The van der Waals surface area contributed by atoms with Crippen molar-refractivity contribution in [1.82, 2.24) is 9.78 Å². The van der Waals surface area contributed by atoms with Gasteiger partial charge in [-0.1, -0.05) is 47.5 Å². The number of hydrogen-bond acceptors (Lipinski definition) is 2. The van der Waals surface area contributed by atoms with Crippen molar-refractivity contribution in [3.63, 3.8) is 0 Å². The van der Waals surface area contributed by atoms with Crippen molar-refractivity contribution in [2.45, 2.75) is 13.8 Å². The number of benzene rings is 2. The highest BCUT2D eigenvalue weighted by Gasteiger charge is 2.12. The molecule has 0 atom stereocenters. The van der Waals surface area contributed by atoms with E-state index >= 15 is 0 Å². The van der Waals surface area contributed by atoms with E-state index in [9.17, 15) is 5.11 Å². The molecular weight excluding hydrogens is 248 g/mol. The van der Waals surface area contributed by atoms with Gasteiger partial charge < -0.3 is 5.11 Å². The summed E-state index contributed by atoms with van der Waals surface area (Å²) in [4.78, 5) is 0. The van der Waals surface area contributed by atoms with E-state index in [0.717, 1.165) is 16.8 Å². The number of aryl methyl sites for hydroxylation is 2. The van der Waals surface area contributed by atoms with Gasteiger partial charge in [0.1, 0.15) is 0 Å². The molecule has 0 aliphatic heterocycles. The summed E-state index contributed by atoms with van der Waals surface area (Å²) < 4.78 is 1.55. The Hall–Kier alpha value is -2.55. The lowest BCUT2D eigenvalue weighted by molar-refractivity contribution is 0.435. The quantitative estimate of drug-likeness (QED) is 0.763. The zero-order valence-electron chi connectivity index (χ0n) is 11.5. The van der Waals surface area contributed by atoms with Crippen molar-refractivity contribution in [2.75, 3.05) is 0 Å². The van der Waals surface area contributed by atoms with E-state index in [2.05, 4.69) is 5.10 Å². The van der Waals surface area contributed by atoms with Crippen LogP contribution in [0.1, 0.15) is 11.1 Å². The zero-order chi connectivity index (χ0) is 14.1. The van der Waals surface area contributed by atoms with E-state index in [4.69, 9.17) is 0 Å². The third kappa shape index (κ3) is 2.18. The minimum atomic E-state index is 0.165. The van der Waals surface area contributed by atoms with Gasteiger partial charge in [0, 0.05) is 0 Å². The van der Waals surface area contributed by atoms with Crippen molar-refractivity contribution in [3.05, 3.63) is 65.9 Å². The van der Waals surface area contributed by atoms with Gasteiger partial charge >= 0.3 is 0 Å². The molecule has 3 aromatic rings. The number of hydrogen-bond donors (Lipinski definition) is 1. The van der Waals surface area contributed by atoms with Crippen LogP contribution in [0.25, 0.3) is 16.8 Å². The Morgan fingerprint density at radius 3 is 2.00 bits per heavy atom. The minimum absolute atomic E-state index is 0.165. The SMILES string of the molecule is Cc1ccc(-c2cnn(-c3ccc(C)cc3)c2O)cc1. The van der Waals surface area contributed by atoms with Gasteiger partial charge in [0.25, 0.3) is 0 Å². The van der Waals surface area contributed by atoms with Crippen LogP contribution in [0.2, 0.25) is 0 Å². The van der Waals surface area contributed by atoms with Crippen LogP contribution in [-0.2, 0) is 0 Å². The lowest BCUT2D eigenvalue weighted by Gasteiger charge is -2.05. The Labute approximate surface area is 118 Å². The van der Waals surface area contributed by atoms with E-state index in [1.54, 1.807) is 10.9 Å². The molecule has 2 aromatic carbocycles. The van der Waals surface area contributed by atoms with Crippen LogP contribution < -0.4 is 0 Å². The zero-order valence-corrected chi connectivity index (χ0v) is 11.5. The molecule has 1 aromatic heterocycles. The van der Waals surface area contributed by atoms with Crippen LogP contribution in [0, 0.1) is 13.8 Å². The highest BCUT2D eigenvalue weighted by Crippen LogP contribution is 2.30. The third-order valence-electron chi connectivity index (χ3n) is 3.38. The molecule has 3 rings (SSSR count). The first-order valence-electron chi connectivity index (χ1n) is 6.56. The molecule has 0 bridgehead atoms. The smallest absolute Gasteiger partial charge is 0.222 e. The molecule has 1 N–H and O–H groups in total. The molecule has 0 aliphatic carbocycles. The molecule has 0 fully saturated rings. The van der Waals surface area contributed by atoms with Crippen molar-refractivity contribution in [3.8, 4) is 22.7 Å². The molecule has 0 aliphatic rings. The second-order valence-corrected chi connectivity index (χ2v) is 5.00. The maximum atomic E-state index is 10.4. The second kappa shape index (κ2) is 4.85. The minimum Gasteiger partial charge on any atom is -0.493 e. The molecule has 100 valence electrons. The molecule has 3 heteroatoms. The number of nitrogens with zero attached hydrogens (tertiary/aromatic N) is 2. The lowest BCUT2D eigenvalue weighted by atomic mass is 10.1. The molecule has 0 radical (unpaired) electrons. The first-order chi connectivity index (χ1) is 9.65. The predicted octanol–water partition coefficient (Wildman–Crippen LogP) is 3.86. The van der Waals surface area contributed by atoms with Crippen LogP contribution in [0.15, 0.2) is 54.7 Å². The average Bonchev–Trinajstić information content (AvgIpc) is 2.83. The number of aromatic hydroxyl groups is 1. The van der Waals surface area contributed by atoms with Gasteiger partial charge in [-0.15, -0.1) is 0 Å². The van der Waals surface area contributed by atoms with Gasteiger partial charge in [-0.05, 0) is 31.5 Å². The molecule has 0 unspecified atom stereocenters. The van der Waals surface area contributed by atoms with Crippen LogP contribution in [0.5, 0.6) is 5.88 Å². The van der Waals surface area contributed by atoms with Gasteiger partial charge in [0.05, 0.1) is 17.4 Å². The Morgan fingerprint density at radius 2 is 1.40 bits per heavy atom. The summed E-state index contributed by atoms with van der Waals surface area (Å²) in [7, 11) is 0. The van der Waals surface area contributed by atoms with E-state index in [1.807, 2.05) is 62.4 Å². The highest BCUT2D eigenvalue weighted by atomic mass is 16.3. The number of aromatic nitrogens is 2. The van der Waals surface area contributed by atoms with Gasteiger partial charge in [-0.3, -0.25) is 0 Å². The van der Waals surface area contributed by atoms with Crippen LogP contribution in [0.3, 0.4) is 0 Å². The normalized spacial score (nSPS) is 10.7. The van der Waals surface area contributed by atoms with Crippen LogP contribution >= 0.6 is 0 Å². The highest BCUT2D eigenvalue weighted by molar-refractivity contribution is 5.68. The fourth-order valence-electron chi connectivity index (χ4n) is 2.15. The molecule has 0 saturated heterocycles. The Balaban J connectivity index is 2.04. The largest absolute Gasteiger partial charge is 0.493 e. The fraction of sp³-hybridized carbons (Fsp3) is 0.118. The van der Waals surface area contributed by atoms with Gasteiger partial charge in [-0.25, -0.2) is 4.68 Å². The maximum Gasteiger partial charge on any atom is 0.222 e. The average molecular weight is 264 g/mol. The summed E-state index contributed by atoms with van der Waals surface area (Å²) in [5.41, 5.74) is 4.93. The molecule has 0 saturated carbocycles.